The monoisotopic (exact) mass is 528 g/mol. The van der Waals surface area contributed by atoms with Crippen LogP contribution in [0, 0.1) is 0 Å². The molecule has 0 fully saturated rings. The Balaban J connectivity index is 0.00000141. The van der Waals surface area contributed by atoms with Crippen molar-refractivity contribution in [3.8, 4) is 11.3 Å². The Bertz CT molecular complexity index is 1460. The second-order valence-corrected chi connectivity index (χ2v) is 8.92. The Morgan fingerprint density at radius 2 is 1.71 bits per heavy atom. The number of aromatic nitrogens is 2. The summed E-state index contributed by atoms with van der Waals surface area (Å²) in [7, 11) is 0. The first kappa shape index (κ1) is 24.6. The summed E-state index contributed by atoms with van der Waals surface area (Å²) in [4.78, 5) is 21.4. The summed E-state index contributed by atoms with van der Waals surface area (Å²) in [6.45, 7) is 5.08. The molecule has 0 aliphatic heterocycles. The Labute approximate surface area is 213 Å². The molecule has 35 heavy (non-hydrogen) atoms. The SMILES string of the molecule is CC.NCCc1ccc(CNC(=O)c2cc(-c3c[nH]c4ccc(Br)cc34)nc3ccccc23)cc1. The molecule has 0 atom stereocenters. The predicted octanol–water partition coefficient (Wildman–Crippen LogP) is 6.60. The van der Waals surface area contributed by atoms with Gasteiger partial charge in [0, 0.05) is 39.1 Å². The van der Waals surface area contributed by atoms with Crippen LogP contribution in [0.1, 0.15) is 35.3 Å². The maximum absolute atomic E-state index is 13.3. The topological polar surface area (TPSA) is 83.8 Å². The van der Waals surface area contributed by atoms with Crippen molar-refractivity contribution in [3.63, 3.8) is 0 Å². The highest BCUT2D eigenvalue weighted by atomic mass is 79.9. The Hall–Kier alpha value is -3.48. The van der Waals surface area contributed by atoms with Gasteiger partial charge in [-0.05, 0) is 54.4 Å². The van der Waals surface area contributed by atoms with Gasteiger partial charge in [0.1, 0.15) is 0 Å². The lowest BCUT2D eigenvalue weighted by Crippen LogP contribution is -2.23. The molecule has 0 aliphatic rings. The zero-order chi connectivity index (χ0) is 24.8. The Morgan fingerprint density at radius 3 is 2.49 bits per heavy atom. The molecular weight excluding hydrogens is 500 g/mol. The maximum atomic E-state index is 13.3. The number of nitrogens with zero attached hydrogens (tertiary/aromatic N) is 1. The van der Waals surface area contributed by atoms with Gasteiger partial charge < -0.3 is 16.0 Å². The fourth-order valence-electron chi connectivity index (χ4n) is 4.07. The van der Waals surface area contributed by atoms with E-state index in [1.165, 1.54) is 5.56 Å². The van der Waals surface area contributed by atoms with Crippen molar-refractivity contribution in [3.05, 3.63) is 100 Å². The van der Waals surface area contributed by atoms with Gasteiger partial charge in [-0.25, -0.2) is 4.98 Å². The van der Waals surface area contributed by atoms with Crippen molar-refractivity contribution in [2.45, 2.75) is 26.8 Å². The first-order chi connectivity index (χ1) is 17.1. The number of carbonyl (C=O) groups is 1. The van der Waals surface area contributed by atoms with Crippen LogP contribution in [0.2, 0.25) is 0 Å². The van der Waals surface area contributed by atoms with E-state index in [1.54, 1.807) is 0 Å². The highest BCUT2D eigenvalue weighted by Crippen LogP contribution is 2.32. The molecule has 1 amide bonds. The van der Waals surface area contributed by atoms with Crippen LogP contribution in [0.4, 0.5) is 0 Å². The van der Waals surface area contributed by atoms with Crippen LogP contribution in [0.25, 0.3) is 33.1 Å². The lowest BCUT2D eigenvalue weighted by atomic mass is 10.0. The molecule has 0 radical (unpaired) electrons. The third-order valence-corrected chi connectivity index (χ3v) is 6.28. The van der Waals surface area contributed by atoms with E-state index in [0.29, 0.717) is 18.7 Å². The third kappa shape index (κ3) is 5.45. The first-order valence-corrected chi connectivity index (χ1v) is 12.6. The number of H-pyrrole nitrogens is 1. The molecule has 5 rings (SSSR count). The Morgan fingerprint density at radius 1 is 0.971 bits per heavy atom. The summed E-state index contributed by atoms with van der Waals surface area (Å²) in [6, 6.07) is 23.9. The predicted molar refractivity (Wildman–Crippen MR) is 148 cm³/mol. The first-order valence-electron chi connectivity index (χ1n) is 11.9. The quantitative estimate of drug-likeness (QED) is 0.232. The number of hydrogen-bond donors (Lipinski definition) is 3. The number of nitrogens with one attached hydrogen (secondary N) is 2. The fourth-order valence-corrected chi connectivity index (χ4v) is 4.44. The zero-order valence-corrected chi connectivity index (χ0v) is 21.5. The minimum absolute atomic E-state index is 0.123. The lowest BCUT2D eigenvalue weighted by Gasteiger charge is -2.11. The highest BCUT2D eigenvalue weighted by Gasteiger charge is 2.16. The van der Waals surface area contributed by atoms with Gasteiger partial charge in [-0.15, -0.1) is 0 Å². The number of nitrogens with two attached hydrogens (primary N) is 1. The number of amides is 1. The van der Waals surface area contributed by atoms with Crippen molar-refractivity contribution in [1.82, 2.24) is 15.3 Å². The van der Waals surface area contributed by atoms with Crippen LogP contribution in [0.3, 0.4) is 0 Å². The molecule has 6 heteroatoms. The summed E-state index contributed by atoms with van der Waals surface area (Å²) in [5.74, 6) is -0.123. The minimum Gasteiger partial charge on any atom is -0.360 e. The number of aromatic amines is 1. The zero-order valence-electron chi connectivity index (χ0n) is 19.9. The van der Waals surface area contributed by atoms with Gasteiger partial charge >= 0.3 is 0 Å². The van der Waals surface area contributed by atoms with Crippen LogP contribution >= 0.6 is 15.9 Å². The molecule has 2 aromatic heterocycles. The van der Waals surface area contributed by atoms with Gasteiger partial charge in [0.15, 0.2) is 0 Å². The van der Waals surface area contributed by atoms with Crippen LogP contribution in [0.5, 0.6) is 0 Å². The number of halogens is 1. The van der Waals surface area contributed by atoms with Gasteiger partial charge in [-0.1, -0.05) is 72.2 Å². The van der Waals surface area contributed by atoms with E-state index in [0.717, 1.165) is 49.5 Å². The summed E-state index contributed by atoms with van der Waals surface area (Å²) in [5, 5.41) is 4.95. The summed E-state index contributed by atoms with van der Waals surface area (Å²) < 4.78 is 0.993. The molecule has 0 aliphatic carbocycles. The van der Waals surface area contributed by atoms with Crippen molar-refractivity contribution in [2.24, 2.45) is 5.73 Å². The molecule has 0 spiro atoms. The van der Waals surface area contributed by atoms with Crippen LogP contribution in [-0.2, 0) is 13.0 Å². The van der Waals surface area contributed by atoms with E-state index in [-0.39, 0.29) is 5.91 Å². The molecular formula is C29H29BrN4O. The van der Waals surface area contributed by atoms with Crippen molar-refractivity contribution in [2.75, 3.05) is 6.54 Å². The summed E-state index contributed by atoms with van der Waals surface area (Å²) in [6.07, 6.45) is 2.79. The number of carbonyl (C=O) groups excluding carboxylic acids is 1. The average molecular weight is 529 g/mol. The largest absolute Gasteiger partial charge is 0.360 e. The van der Waals surface area contributed by atoms with Crippen LogP contribution in [-0.4, -0.2) is 22.4 Å². The number of fused-ring (bicyclic) bond motifs is 2. The number of para-hydroxylation sites is 1. The normalized spacial score (nSPS) is 10.7. The van der Waals surface area contributed by atoms with Gasteiger partial charge in [0.05, 0.1) is 16.8 Å². The second kappa shape index (κ2) is 11.3. The van der Waals surface area contributed by atoms with E-state index in [9.17, 15) is 4.79 Å². The van der Waals surface area contributed by atoms with Crippen molar-refractivity contribution in [1.29, 1.82) is 0 Å². The molecule has 0 unspecified atom stereocenters. The molecule has 0 saturated heterocycles. The van der Waals surface area contributed by atoms with Crippen molar-refractivity contribution < 1.29 is 4.79 Å². The number of pyridine rings is 1. The van der Waals surface area contributed by atoms with E-state index in [1.807, 2.05) is 74.6 Å². The molecule has 4 N–H and O–H groups in total. The number of rotatable bonds is 6. The molecule has 0 bridgehead atoms. The number of hydrogen-bond acceptors (Lipinski definition) is 3. The molecule has 5 aromatic rings. The average Bonchev–Trinajstić information content (AvgIpc) is 3.32. The second-order valence-electron chi connectivity index (χ2n) is 8.00. The maximum Gasteiger partial charge on any atom is 0.252 e. The van der Waals surface area contributed by atoms with Crippen molar-refractivity contribution >= 4 is 43.6 Å². The van der Waals surface area contributed by atoms with Gasteiger partial charge in [-0.3, -0.25) is 4.79 Å². The third-order valence-electron chi connectivity index (χ3n) is 5.79. The van der Waals surface area contributed by atoms with E-state index in [4.69, 9.17) is 10.7 Å². The lowest BCUT2D eigenvalue weighted by molar-refractivity contribution is 0.0952. The smallest absolute Gasteiger partial charge is 0.252 e. The molecule has 2 heterocycles. The standard InChI is InChI=1S/C27H23BrN4O.C2H6/c28-19-9-10-24-21(13-19)23(16-30-24)26-14-22(20-3-1-2-4-25(20)32-26)27(33)31-15-18-7-5-17(6-8-18)11-12-29;1-2/h1-10,13-14,16,30H,11-12,15,29H2,(H,31,33);1-2H3. The number of benzene rings is 3. The Kier molecular flexibility index (Phi) is 7.95. The molecule has 5 nitrogen and oxygen atoms in total. The molecule has 178 valence electrons. The molecule has 0 saturated carbocycles. The van der Waals surface area contributed by atoms with E-state index in [2.05, 4.69) is 44.4 Å². The minimum atomic E-state index is -0.123. The van der Waals surface area contributed by atoms with E-state index >= 15 is 0 Å². The van der Waals surface area contributed by atoms with Gasteiger partial charge in [0.25, 0.3) is 5.91 Å². The molecule has 3 aromatic carbocycles. The van der Waals surface area contributed by atoms with Crippen LogP contribution in [0.15, 0.2) is 83.5 Å². The fraction of sp³-hybridized carbons (Fsp3) is 0.172. The highest BCUT2D eigenvalue weighted by molar-refractivity contribution is 9.10. The van der Waals surface area contributed by atoms with Crippen LogP contribution < -0.4 is 11.1 Å². The van der Waals surface area contributed by atoms with Gasteiger partial charge in [-0.2, -0.15) is 0 Å². The summed E-state index contributed by atoms with van der Waals surface area (Å²) >= 11 is 3.55. The van der Waals surface area contributed by atoms with E-state index < -0.39 is 0 Å². The van der Waals surface area contributed by atoms with Gasteiger partial charge in [0.2, 0.25) is 0 Å². The summed E-state index contributed by atoms with van der Waals surface area (Å²) in [5.41, 5.74) is 12.0.